The summed E-state index contributed by atoms with van der Waals surface area (Å²) in [6.45, 7) is 8.86. The topological polar surface area (TPSA) is 49.4 Å². The van der Waals surface area contributed by atoms with Crippen molar-refractivity contribution in [2.45, 2.75) is 33.1 Å². The maximum Gasteiger partial charge on any atom is 0.137 e. The molecule has 0 amide bonds. The van der Waals surface area contributed by atoms with E-state index >= 15 is 0 Å². The normalized spacial score (nSPS) is 11.8. The maximum atomic E-state index is 6.69. The number of nitrogens with zero attached hydrogens (tertiary/aromatic N) is 2. The minimum absolute atomic E-state index is 0.102. The fourth-order valence-electron chi connectivity index (χ4n) is 7.64. The number of pyridine rings is 1. The van der Waals surface area contributed by atoms with Crippen molar-refractivity contribution in [2.24, 2.45) is 0 Å². The summed E-state index contributed by atoms with van der Waals surface area (Å²) in [5.41, 5.74) is 15.4. The summed E-state index contributed by atoms with van der Waals surface area (Å²) in [5, 5.41) is 7.23. The van der Waals surface area contributed by atoms with E-state index in [0.29, 0.717) is 0 Å². The molecular weight excluding hydrogens is 697 g/mol. The van der Waals surface area contributed by atoms with Crippen LogP contribution in [0.4, 0.5) is 39.9 Å². The highest BCUT2D eigenvalue weighted by atomic mass is 16.5. The second-order valence-corrected chi connectivity index (χ2v) is 15.6. The SMILES string of the molecule is Cc1cc(N2c3ccccc3-c3ccccc3-c3ccc(Oc4cccc(Nc5ccccc5Nc5ccc(C(C)(C)C)cc5)c4)cc32)ncc1-c1ccccc1. The van der Waals surface area contributed by atoms with Crippen LogP contribution in [0.1, 0.15) is 31.9 Å². The molecule has 5 heteroatoms. The molecule has 1 aliphatic heterocycles. The van der Waals surface area contributed by atoms with Crippen LogP contribution in [0.2, 0.25) is 0 Å². The molecule has 1 aromatic heterocycles. The third kappa shape index (κ3) is 7.24. The Bertz CT molecular complexity index is 2710. The molecule has 2 heterocycles. The van der Waals surface area contributed by atoms with Gasteiger partial charge in [0.2, 0.25) is 0 Å². The second kappa shape index (κ2) is 14.9. The Kier molecular flexibility index (Phi) is 9.27. The van der Waals surface area contributed by atoms with Crippen molar-refractivity contribution in [1.82, 2.24) is 4.98 Å². The third-order valence-electron chi connectivity index (χ3n) is 10.6. The van der Waals surface area contributed by atoms with Gasteiger partial charge in [0.05, 0.1) is 22.7 Å². The van der Waals surface area contributed by atoms with Crippen LogP contribution >= 0.6 is 0 Å². The molecule has 0 bridgehead atoms. The number of hydrogen-bond acceptors (Lipinski definition) is 5. The molecule has 0 atom stereocenters. The number of fused-ring (bicyclic) bond motifs is 5. The van der Waals surface area contributed by atoms with Gasteiger partial charge < -0.3 is 15.4 Å². The summed E-state index contributed by atoms with van der Waals surface area (Å²) < 4.78 is 6.69. The van der Waals surface area contributed by atoms with Crippen molar-refractivity contribution >= 4 is 39.9 Å². The summed E-state index contributed by atoms with van der Waals surface area (Å²) in [5.74, 6) is 2.30. The van der Waals surface area contributed by atoms with Crippen LogP contribution in [0.25, 0.3) is 33.4 Å². The Balaban J connectivity index is 1.05. The molecule has 0 saturated heterocycles. The Labute approximate surface area is 335 Å². The first kappa shape index (κ1) is 35.6. The molecule has 7 aromatic carbocycles. The highest BCUT2D eigenvalue weighted by Crippen LogP contribution is 2.51. The molecule has 0 saturated carbocycles. The van der Waals surface area contributed by atoms with Crippen LogP contribution in [-0.2, 0) is 5.41 Å². The van der Waals surface area contributed by atoms with E-state index in [1.54, 1.807) is 0 Å². The van der Waals surface area contributed by atoms with Crippen molar-refractivity contribution < 1.29 is 4.74 Å². The zero-order valence-electron chi connectivity index (χ0n) is 32.6. The van der Waals surface area contributed by atoms with E-state index in [2.05, 4.69) is 183 Å². The molecular formula is C52H44N4O. The fourth-order valence-corrected chi connectivity index (χ4v) is 7.64. The van der Waals surface area contributed by atoms with Gasteiger partial charge in [0.1, 0.15) is 17.3 Å². The van der Waals surface area contributed by atoms with Crippen LogP contribution in [0, 0.1) is 6.92 Å². The Morgan fingerprint density at radius 2 is 1.11 bits per heavy atom. The van der Waals surface area contributed by atoms with Crippen molar-refractivity contribution in [3.8, 4) is 44.9 Å². The molecule has 8 aromatic rings. The average Bonchev–Trinajstić information content (AvgIpc) is 3.34. The lowest BCUT2D eigenvalue weighted by Crippen LogP contribution is -2.13. The van der Waals surface area contributed by atoms with Gasteiger partial charge >= 0.3 is 0 Å². The zero-order valence-corrected chi connectivity index (χ0v) is 32.6. The number of benzene rings is 7. The molecule has 278 valence electrons. The number of hydrogen-bond donors (Lipinski definition) is 2. The fraction of sp³-hybridized carbons (Fsp3) is 0.0962. The van der Waals surface area contributed by atoms with E-state index in [1.165, 1.54) is 11.1 Å². The number of rotatable bonds is 8. The van der Waals surface area contributed by atoms with E-state index in [-0.39, 0.29) is 5.41 Å². The summed E-state index contributed by atoms with van der Waals surface area (Å²) in [6.07, 6.45) is 2.00. The Hall–Kier alpha value is -7.11. The largest absolute Gasteiger partial charge is 0.457 e. The molecule has 0 aliphatic carbocycles. The second-order valence-electron chi connectivity index (χ2n) is 15.6. The molecule has 0 spiro atoms. The summed E-state index contributed by atoms with van der Waals surface area (Å²) >= 11 is 0. The van der Waals surface area contributed by atoms with Crippen molar-refractivity contribution in [3.63, 3.8) is 0 Å². The van der Waals surface area contributed by atoms with Crippen molar-refractivity contribution in [3.05, 3.63) is 193 Å². The van der Waals surface area contributed by atoms with Gasteiger partial charge in [-0.05, 0) is 101 Å². The van der Waals surface area contributed by atoms with E-state index in [4.69, 9.17) is 9.72 Å². The monoisotopic (exact) mass is 740 g/mol. The molecule has 0 unspecified atom stereocenters. The highest BCUT2D eigenvalue weighted by Gasteiger charge is 2.27. The number of aromatic nitrogens is 1. The van der Waals surface area contributed by atoms with E-state index in [0.717, 1.165) is 84.8 Å². The number of anilines is 7. The minimum atomic E-state index is 0.102. The van der Waals surface area contributed by atoms with E-state index in [9.17, 15) is 0 Å². The van der Waals surface area contributed by atoms with Gasteiger partial charge in [0, 0.05) is 46.4 Å². The summed E-state index contributed by atoms with van der Waals surface area (Å²) in [4.78, 5) is 7.40. The van der Waals surface area contributed by atoms with Gasteiger partial charge in [-0.3, -0.25) is 4.90 Å². The molecule has 1 aliphatic rings. The van der Waals surface area contributed by atoms with E-state index < -0.39 is 0 Å². The van der Waals surface area contributed by atoms with Gasteiger partial charge in [0.15, 0.2) is 0 Å². The van der Waals surface area contributed by atoms with Gasteiger partial charge in [-0.1, -0.05) is 124 Å². The van der Waals surface area contributed by atoms with Gasteiger partial charge in [0.25, 0.3) is 0 Å². The van der Waals surface area contributed by atoms with Gasteiger partial charge in [-0.25, -0.2) is 4.98 Å². The standard InChI is InChI=1S/C52H44N4O/c1-35-31-51(53-34-46(35)36-15-6-5-7-16-36)56-49-24-13-10-21-44(49)42-19-8-9-20-43(42)45-30-29-41(33-50(45)56)57-40-18-14-17-39(32-40)55-48-23-12-11-22-47(48)54-38-27-25-37(26-28-38)52(2,3)4/h5-34,54-55H,1-4H3. The third-order valence-corrected chi connectivity index (χ3v) is 10.6. The molecule has 0 radical (unpaired) electrons. The quantitative estimate of drug-likeness (QED) is 0.162. The lowest BCUT2D eigenvalue weighted by Gasteiger charge is -2.27. The van der Waals surface area contributed by atoms with Crippen LogP contribution in [0.15, 0.2) is 182 Å². The smallest absolute Gasteiger partial charge is 0.137 e. The maximum absolute atomic E-state index is 6.69. The lowest BCUT2D eigenvalue weighted by atomic mass is 9.87. The Morgan fingerprint density at radius 3 is 1.81 bits per heavy atom. The highest BCUT2D eigenvalue weighted by molar-refractivity contribution is 6.02. The molecule has 9 rings (SSSR count). The summed E-state index contributed by atoms with van der Waals surface area (Å²) in [6, 6.07) is 61.2. The number of ether oxygens (including phenoxy) is 1. The molecule has 2 N–H and O–H groups in total. The summed E-state index contributed by atoms with van der Waals surface area (Å²) in [7, 11) is 0. The van der Waals surface area contributed by atoms with Crippen LogP contribution < -0.4 is 20.3 Å². The van der Waals surface area contributed by atoms with Crippen LogP contribution in [0.3, 0.4) is 0 Å². The van der Waals surface area contributed by atoms with Crippen LogP contribution in [-0.4, -0.2) is 4.98 Å². The lowest BCUT2D eigenvalue weighted by molar-refractivity contribution is 0.483. The zero-order chi connectivity index (χ0) is 38.9. The predicted molar refractivity (Wildman–Crippen MR) is 238 cm³/mol. The number of para-hydroxylation sites is 3. The first-order valence-corrected chi connectivity index (χ1v) is 19.5. The predicted octanol–water partition coefficient (Wildman–Crippen LogP) is 14.8. The first-order chi connectivity index (χ1) is 27.8. The van der Waals surface area contributed by atoms with Gasteiger partial charge in [-0.2, -0.15) is 0 Å². The van der Waals surface area contributed by atoms with Crippen LogP contribution in [0.5, 0.6) is 11.5 Å². The number of aryl methyl sites for hydroxylation is 1. The van der Waals surface area contributed by atoms with Crippen molar-refractivity contribution in [2.75, 3.05) is 15.5 Å². The average molecular weight is 741 g/mol. The molecule has 57 heavy (non-hydrogen) atoms. The number of nitrogens with one attached hydrogen (secondary N) is 2. The minimum Gasteiger partial charge on any atom is -0.457 e. The molecule has 5 nitrogen and oxygen atoms in total. The Morgan fingerprint density at radius 1 is 0.491 bits per heavy atom. The van der Waals surface area contributed by atoms with Crippen molar-refractivity contribution in [1.29, 1.82) is 0 Å². The molecule has 0 fully saturated rings. The van der Waals surface area contributed by atoms with Gasteiger partial charge in [-0.15, -0.1) is 0 Å². The first-order valence-electron chi connectivity index (χ1n) is 19.5. The van der Waals surface area contributed by atoms with E-state index in [1.807, 2.05) is 42.6 Å².